The zero-order valence-corrected chi connectivity index (χ0v) is 17.4. The molecule has 2 aliphatic heterocycles. The van der Waals surface area contributed by atoms with Gasteiger partial charge in [-0.1, -0.05) is 29.0 Å². The number of hydrogen-bond acceptors (Lipinski definition) is 8. The Kier molecular flexibility index (Phi) is 5.47. The van der Waals surface area contributed by atoms with Crippen molar-refractivity contribution in [1.82, 2.24) is 5.01 Å². The third-order valence-corrected chi connectivity index (χ3v) is 5.27. The van der Waals surface area contributed by atoms with E-state index in [9.17, 15) is 14.4 Å². The van der Waals surface area contributed by atoms with Crippen molar-refractivity contribution in [3.63, 3.8) is 0 Å². The van der Waals surface area contributed by atoms with Crippen molar-refractivity contribution in [2.24, 2.45) is 10.3 Å². The highest BCUT2D eigenvalue weighted by Crippen LogP contribution is 2.36. The molecule has 160 valence electrons. The van der Waals surface area contributed by atoms with E-state index in [4.69, 9.17) is 21.1 Å². The summed E-state index contributed by atoms with van der Waals surface area (Å²) >= 11 is 6.05. The number of amides is 3. The highest BCUT2D eigenvalue weighted by atomic mass is 35.5. The van der Waals surface area contributed by atoms with Gasteiger partial charge in [0.05, 0.1) is 30.6 Å². The minimum atomic E-state index is -1.02. The molecule has 2 atom stereocenters. The van der Waals surface area contributed by atoms with Gasteiger partial charge < -0.3 is 14.8 Å². The minimum absolute atomic E-state index is 0.269. The average Bonchev–Trinajstić information content (AvgIpc) is 3.28. The molecular formula is C20H18ClN5O5. The lowest BCUT2D eigenvalue weighted by Crippen LogP contribution is -2.43. The summed E-state index contributed by atoms with van der Waals surface area (Å²) in [5.74, 6) is -0.673. The number of rotatable bonds is 6. The first-order valence-corrected chi connectivity index (χ1v) is 9.64. The van der Waals surface area contributed by atoms with Crippen molar-refractivity contribution in [2.45, 2.75) is 12.1 Å². The summed E-state index contributed by atoms with van der Waals surface area (Å²) in [5.41, 5.74) is 0.750. The van der Waals surface area contributed by atoms with Crippen LogP contribution in [-0.2, 0) is 14.4 Å². The summed E-state index contributed by atoms with van der Waals surface area (Å²) in [7, 11) is 2.94. The van der Waals surface area contributed by atoms with Crippen molar-refractivity contribution in [1.29, 1.82) is 0 Å². The van der Waals surface area contributed by atoms with Gasteiger partial charge in [-0.2, -0.15) is 5.11 Å². The smallest absolute Gasteiger partial charge is 0.263 e. The molecule has 4 rings (SSSR count). The molecule has 0 unspecified atom stereocenters. The van der Waals surface area contributed by atoms with E-state index in [0.29, 0.717) is 27.9 Å². The van der Waals surface area contributed by atoms with Gasteiger partial charge in [0.2, 0.25) is 5.91 Å². The second-order valence-corrected chi connectivity index (χ2v) is 7.18. The van der Waals surface area contributed by atoms with E-state index in [2.05, 4.69) is 15.7 Å². The summed E-state index contributed by atoms with van der Waals surface area (Å²) < 4.78 is 10.4. The Hall–Kier alpha value is -3.66. The molecule has 0 aromatic heterocycles. The fourth-order valence-corrected chi connectivity index (χ4v) is 3.65. The first kappa shape index (κ1) is 20.6. The summed E-state index contributed by atoms with van der Waals surface area (Å²) in [6.07, 6.45) is 0. The van der Waals surface area contributed by atoms with Gasteiger partial charge in [-0.05, 0) is 24.3 Å². The van der Waals surface area contributed by atoms with Crippen LogP contribution in [0.25, 0.3) is 0 Å². The molecule has 10 nitrogen and oxygen atoms in total. The maximum Gasteiger partial charge on any atom is 0.263 e. The Morgan fingerprint density at radius 3 is 2.55 bits per heavy atom. The molecule has 11 heteroatoms. The number of fused-ring (bicyclic) bond motifs is 1. The van der Waals surface area contributed by atoms with Crippen LogP contribution in [0.5, 0.6) is 11.5 Å². The van der Waals surface area contributed by atoms with E-state index in [1.807, 2.05) is 0 Å². The number of anilines is 2. The number of halogens is 1. The Labute approximate surface area is 182 Å². The molecule has 2 heterocycles. The van der Waals surface area contributed by atoms with Gasteiger partial charge in [-0.15, -0.1) is 0 Å². The Balaban J connectivity index is 1.52. The van der Waals surface area contributed by atoms with Crippen molar-refractivity contribution in [2.75, 3.05) is 31.0 Å². The normalized spacial score (nSPS) is 19.6. The number of para-hydroxylation sites is 1. The minimum Gasteiger partial charge on any atom is -0.493 e. The molecule has 1 fully saturated rings. The maximum atomic E-state index is 13.1. The number of hydrogen-bond donors (Lipinski definition) is 1. The van der Waals surface area contributed by atoms with Crippen LogP contribution in [-0.4, -0.2) is 55.6 Å². The molecule has 1 N–H and O–H groups in total. The summed E-state index contributed by atoms with van der Waals surface area (Å²) in [6, 6.07) is 9.44. The van der Waals surface area contributed by atoms with Gasteiger partial charge in [0.15, 0.2) is 23.6 Å². The molecule has 0 saturated carbocycles. The largest absolute Gasteiger partial charge is 0.493 e. The zero-order valence-electron chi connectivity index (χ0n) is 16.6. The van der Waals surface area contributed by atoms with Crippen molar-refractivity contribution < 1.29 is 23.9 Å². The van der Waals surface area contributed by atoms with Gasteiger partial charge in [0.1, 0.15) is 6.54 Å². The fraction of sp³-hybridized carbons (Fsp3) is 0.250. The lowest BCUT2D eigenvalue weighted by Gasteiger charge is -2.21. The number of imide groups is 1. The quantitative estimate of drug-likeness (QED) is 0.685. The monoisotopic (exact) mass is 443 g/mol. The van der Waals surface area contributed by atoms with Gasteiger partial charge in [-0.3, -0.25) is 19.4 Å². The molecule has 2 aromatic rings. The number of benzene rings is 2. The van der Waals surface area contributed by atoms with Crippen molar-refractivity contribution in [3.05, 3.63) is 47.5 Å². The lowest BCUT2D eigenvalue weighted by molar-refractivity contribution is -0.123. The highest BCUT2D eigenvalue weighted by molar-refractivity contribution is 6.33. The van der Waals surface area contributed by atoms with Crippen molar-refractivity contribution >= 4 is 40.7 Å². The highest BCUT2D eigenvalue weighted by Gasteiger charge is 2.55. The van der Waals surface area contributed by atoms with Crippen LogP contribution in [0, 0.1) is 0 Å². The maximum absolute atomic E-state index is 13.1. The van der Waals surface area contributed by atoms with Crippen LogP contribution >= 0.6 is 11.6 Å². The molecule has 2 aliphatic rings. The number of methoxy groups -OCH3 is 2. The predicted octanol–water partition coefficient (Wildman–Crippen LogP) is 2.29. The molecule has 0 bridgehead atoms. The van der Waals surface area contributed by atoms with Gasteiger partial charge in [0.25, 0.3) is 11.8 Å². The molecule has 0 spiro atoms. The number of nitrogens with zero attached hydrogens (tertiary/aromatic N) is 4. The molecule has 0 aliphatic carbocycles. The Bertz CT molecular complexity index is 1090. The Morgan fingerprint density at radius 1 is 1.10 bits per heavy atom. The number of ether oxygens (including phenoxy) is 2. The zero-order chi connectivity index (χ0) is 22.1. The van der Waals surface area contributed by atoms with E-state index in [1.165, 1.54) is 25.3 Å². The number of nitrogens with one attached hydrogen (secondary N) is 1. The van der Waals surface area contributed by atoms with E-state index in [0.717, 1.165) is 4.90 Å². The summed E-state index contributed by atoms with van der Waals surface area (Å²) in [5, 5.41) is 12.0. The first-order chi connectivity index (χ1) is 14.9. The average molecular weight is 444 g/mol. The van der Waals surface area contributed by atoms with E-state index in [1.54, 1.807) is 36.4 Å². The molecule has 31 heavy (non-hydrogen) atoms. The third kappa shape index (κ3) is 3.66. The topological polar surface area (TPSA) is 113 Å². The molecule has 2 aromatic carbocycles. The molecular weight excluding hydrogens is 426 g/mol. The van der Waals surface area contributed by atoms with E-state index in [-0.39, 0.29) is 6.54 Å². The second kappa shape index (κ2) is 8.23. The lowest BCUT2D eigenvalue weighted by atomic mass is 10.1. The van der Waals surface area contributed by atoms with Gasteiger partial charge in [0, 0.05) is 6.07 Å². The predicted molar refractivity (Wildman–Crippen MR) is 111 cm³/mol. The standard InChI is InChI=1S/C20H18ClN5O5/c1-30-14-8-7-11(9-15(14)31-2)26-19(28)17-18(20(26)29)25(24-23-17)10-16(27)22-13-6-4-3-5-12(13)21/h3-9,17-18H,10H2,1-2H3,(H,22,27)/t17-,18-/m0/s1. The van der Waals surface area contributed by atoms with E-state index >= 15 is 0 Å². The van der Waals surface area contributed by atoms with Gasteiger partial charge in [-0.25, -0.2) is 4.90 Å². The van der Waals surface area contributed by atoms with Crippen LogP contribution in [0.3, 0.4) is 0 Å². The van der Waals surface area contributed by atoms with Crippen LogP contribution < -0.4 is 19.7 Å². The van der Waals surface area contributed by atoms with Crippen molar-refractivity contribution in [3.8, 4) is 11.5 Å². The second-order valence-electron chi connectivity index (χ2n) is 6.77. The third-order valence-electron chi connectivity index (χ3n) is 4.94. The van der Waals surface area contributed by atoms with Crippen LogP contribution in [0.4, 0.5) is 11.4 Å². The number of carbonyl (C=O) groups excluding carboxylic acids is 3. The molecule has 3 amide bonds. The van der Waals surface area contributed by atoms with Crippen LogP contribution in [0.15, 0.2) is 52.8 Å². The van der Waals surface area contributed by atoms with Crippen LogP contribution in [0.1, 0.15) is 0 Å². The fourth-order valence-electron chi connectivity index (χ4n) is 3.47. The molecule has 1 saturated heterocycles. The number of carbonyl (C=O) groups is 3. The summed E-state index contributed by atoms with van der Waals surface area (Å²) in [6.45, 7) is -0.269. The van der Waals surface area contributed by atoms with Gasteiger partial charge >= 0.3 is 0 Å². The Morgan fingerprint density at radius 2 is 1.84 bits per heavy atom. The molecule has 0 radical (unpaired) electrons. The SMILES string of the molecule is COc1ccc(N2C(=O)[C@H]3N=NN(CC(=O)Nc4ccccc4Cl)[C@@H]3C2=O)cc1OC. The summed E-state index contributed by atoms with van der Waals surface area (Å²) in [4.78, 5) is 39.4. The van der Waals surface area contributed by atoms with Crippen LogP contribution in [0.2, 0.25) is 5.02 Å². The first-order valence-electron chi connectivity index (χ1n) is 9.26. The van der Waals surface area contributed by atoms with E-state index < -0.39 is 29.8 Å².